The number of benzene rings is 1. The average Bonchev–Trinajstić information content (AvgIpc) is 2.45. The average molecular weight is 297 g/mol. The normalized spacial score (nSPS) is 24.4. The molecule has 0 radical (unpaired) electrons. The van der Waals surface area contributed by atoms with Crippen LogP contribution in [0.4, 0.5) is 0 Å². The van der Waals surface area contributed by atoms with Gasteiger partial charge in [0, 0.05) is 11.1 Å². The molecule has 3 N–H and O–H groups in total. The second-order valence-electron chi connectivity index (χ2n) is 5.97. The summed E-state index contributed by atoms with van der Waals surface area (Å²) in [6, 6.07) is 6.05. The monoisotopic (exact) mass is 296 g/mol. The molecule has 0 bridgehead atoms. The molecule has 1 fully saturated rings. The van der Waals surface area contributed by atoms with Crippen LogP contribution in [-0.2, 0) is 6.42 Å². The number of hydrogen-bond donors (Lipinski definition) is 2. The lowest BCUT2D eigenvalue weighted by Gasteiger charge is -2.33. The maximum absolute atomic E-state index is 6.10. The molecule has 0 aliphatic heterocycles. The van der Waals surface area contributed by atoms with Crippen LogP contribution in [0.1, 0.15) is 38.2 Å². The summed E-state index contributed by atoms with van der Waals surface area (Å²) in [5, 5.41) is 0.744. The van der Waals surface area contributed by atoms with Gasteiger partial charge in [-0.05, 0) is 54.9 Å². The molecule has 0 aromatic heterocycles. The molecule has 1 aliphatic rings. The van der Waals surface area contributed by atoms with E-state index in [-0.39, 0.29) is 6.04 Å². The highest BCUT2D eigenvalue weighted by molar-refractivity contribution is 6.30. The second-order valence-corrected chi connectivity index (χ2v) is 6.40. The SMILES string of the molecule is COc1ccc(Cl)cc1CC(NN)C1CCCC(C)C1. The minimum Gasteiger partial charge on any atom is -0.496 e. The molecule has 3 nitrogen and oxygen atoms in total. The summed E-state index contributed by atoms with van der Waals surface area (Å²) >= 11 is 6.10. The largest absolute Gasteiger partial charge is 0.496 e. The van der Waals surface area contributed by atoms with Crippen LogP contribution < -0.4 is 16.0 Å². The van der Waals surface area contributed by atoms with Crippen LogP contribution in [0.5, 0.6) is 5.75 Å². The summed E-state index contributed by atoms with van der Waals surface area (Å²) in [4.78, 5) is 0. The van der Waals surface area contributed by atoms with Gasteiger partial charge in [-0.1, -0.05) is 31.4 Å². The molecule has 1 aliphatic carbocycles. The first-order chi connectivity index (χ1) is 9.63. The predicted molar refractivity (Wildman–Crippen MR) is 83.9 cm³/mol. The molecule has 3 atom stereocenters. The molecule has 1 saturated carbocycles. The van der Waals surface area contributed by atoms with Crippen LogP contribution in [0.15, 0.2) is 18.2 Å². The molecule has 0 saturated heterocycles. The summed E-state index contributed by atoms with van der Waals surface area (Å²) in [7, 11) is 1.69. The first kappa shape index (κ1) is 15.6. The molecule has 2 rings (SSSR count). The van der Waals surface area contributed by atoms with Gasteiger partial charge in [-0.2, -0.15) is 0 Å². The van der Waals surface area contributed by atoms with Gasteiger partial charge in [0.15, 0.2) is 0 Å². The number of hydrazine groups is 1. The number of nitrogens with one attached hydrogen (secondary N) is 1. The summed E-state index contributed by atoms with van der Waals surface area (Å²) in [6.07, 6.45) is 6.00. The first-order valence-electron chi connectivity index (χ1n) is 7.42. The quantitative estimate of drug-likeness (QED) is 0.645. The maximum atomic E-state index is 6.10. The molecule has 3 unspecified atom stereocenters. The van der Waals surface area contributed by atoms with Gasteiger partial charge in [0.1, 0.15) is 5.75 Å². The van der Waals surface area contributed by atoms with E-state index in [1.165, 1.54) is 25.7 Å². The maximum Gasteiger partial charge on any atom is 0.122 e. The summed E-state index contributed by atoms with van der Waals surface area (Å²) in [5.41, 5.74) is 4.14. The van der Waals surface area contributed by atoms with Crippen molar-refractivity contribution in [3.8, 4) is 5.75 Å². The third kappa shape index (κ3) is 3.87. The van der Waals surface area contributed by atoms with E-state index < -0.39 is 0 Å². The van der Waals surface area contributed by atoms with Gasteiger partial charge in [0.25, 0.3) is 0 Å². The summed E-state index contributed by atoms with van der Waals surface area (Å²) in [5.74, 6) is 8.12. The van der Waals surface area contributed by atoms with Crippen LogP contribution >= 0.6 is 11.6 Å². The van der Waals surface area contributed by atoms with Gasteiger partial charge in [-0.3, -0.25) is 11.3 Å². The van der Waals surface area contributed by atoms with Crippen molar-refractivity contribution >= 4 is 11.6 Å². The van der Waals surface area contributed by atoms with Crippen molar-refractivity contribution in [1.29, 1.82) is 0 Å². The van der Waals surface area contributed by atoms with E-state index >= 15 is 0 Å². The van der Waals surface area contributed by atoms with Crippen molar-refractivity contribution in [3.63, 3.8) is 0 Å². The minimum atomic E-state index is 0.283. The predicted octanol–water partition coefficient (Wildman–Crippen LogP) is 3.55. The Labute approximate surface area is 126 Å². The molecule has 20 heavy (non-hydrogen) atoms. The van der Waals surface area contributed by atoms with Crippen LogP contribution in [0.3, 0.4) is 0 Å². The highest BCUT2D eigenvalue weighted by Crippen LogP contribution is 2.33. The van der Waals surface area contributed by atoms with Crippen LogP contribution in [-0.4, -0.2) is 13.2 Å². The molecular formula is C16H25ClN2O. The number of ether oxygens (including phenoxy) is 1. The van der Waals surface area contributed by atoms with Crippen LogP contribution in [0, 0.1) is 11.8 Å². The standard InChI is InChI=1S/C16H25ClN2O/c1-11-4-3-5-12(8-11)15(19-18)10-13-9-14(17)6-7-16(13)20-2/h6-7,9,11-12,15,19H,3-5,8,10,18H2,1-2H3. The third-order valence-electron chi connectivity index (χ3n) is 4.44. The summed E-state index contributed by atoms with van der Waals surface area (Å²) in [6.45, 7) is 2.33. The van der Waals surface area contributed by atoms with Gasteiger partial charge >= 0.3 is 0 Å². The Hall–Kier alpha value is -0.770. The lowest BCUT2D eigenvalue weighted by atomic mass is 9.77. The van der Waals surface area contributed by atoms with E-state index in [1.54, 1.807) is 7.11 Å². The smallest absolute Gasteiger partial charge is 0.122 e. The Kier molecular flexibility index (Phi) is 5.70. The third-order valence-corrected chi connectivity index (χ3v) is 4.68. The van der Waals surface area contributed by atoms with Crippen molar-refractivity contribution in [2.75, 3.05) is 7.11 Å². The van der Waals surface area contributed by atoms with Crippen molar-refractivity contribution < 1.29 is 4.74 Å². The molecule has 112 valence electrons. The highest BCUT2D eigenvalue weighted by Gasteiger charge is 2.26. The van der Waals surface area contributed by atoms with E-state index in [1.807, 2.05) is 18.2 Å². The number of nitrogens with two attached hydrogens (primary N) is 1. The second kappa shape index (κ2) is 7.30. The fourth-order valence-corrected chi connectivity index (χ4v) is 3.55. The Morgan fingerprint density at radius 1 is 1.45 bits per heavy atom. The molecule has 0 amide bonds. The lowest BCUT2D eigenvalue weighted by Crippen LogP contribution is -2.44. The highest BCUT2D eigenvalue weighted by atomic mass is 35.5. The first-order valence-corrected chi connectivity index (χ1v) is 7.80. The topological polar surface area (TPSA) is 47.3 Å². The molecule has 1 aromatic rings. The Bertz CT molecular complexity index is 438. The zero-order valence-electron chi connectivity index (χ0n) is 12.4. The lowest BCUT2D eigenvalue weighted by molar-refractivity contribution is 0.221. The molecule has 4 heteroatoms. The van der Waals surface area contributed by atoms with Gasteiger partial charge < -0.3 is 4.74 Å². The van der Waals surface area contributed by atoms with E-state index in [0.29, 0.717) is 5.92 Å². The Balaban J connectivity index is 2.11. The van der Waals surface area contributed by atoms with Gasteiger partial charge in [-0.25, -0.2) is 0 Å². The fourth-order valence-electron chi connectivity index (χ4n) is 3.35. The van der Waals surface area contributed by atoms with Gasteiger partial charge in [0.05, 0.1) is 7.11 Å². The van der Waals surface area contributed by atoms with E-state index in [2.05, 4.69) is 12.3 Å². The Morgan fingerprint density at radius 3 is 2.90 bits per heavy atom. The zero-order valence-corrected chi connectivity index (χ0v) is 13.1. The molecule has 0 heterocycles. The van der Waals surface area contributed by atoms with Crippen molar-refractivity contribution in [2.24, 2.45) is 17.7 Å². The van der Waals surface area contributed by atoms with Crippen molar-refractivity contribution in [2.45, 2.75) is 45.1 Å². The van der Waals surface area contributed by atoms with E-state index in [0.717, 1.165) is 28.7 Å². The zero-order chi connectivity index (χ0) is 14.5. The van der Waals surface area contributed by atoms with Gasteiger partial charge in [-0.15, -0.1) is 0 Å². The van der Waals surface area contributed by atoms with Crippen molar-refractivity contribution in [1.82, 2.24) is 5.43 Å². The van der Waals surface area contributed by atoms with E-state index in [4.69, 9.17) is 22.2 Å². The minimum absolute atomic E-state index is 0.283. The number of methoxy groups -OCH3 is 1. The number of halogens is 1. The summed E-state index contributed by atoms with van der Waals surface area (Å²) < 4.78 is 5.43. The molecule has 0 spiro atoms. The van der Waals surface area contributed by atoms with Crippen molar-refractivity contribution in [3.05, 3.63) is 28.8 Å². The molecule has 1 aromatic carbocycles. The Morgan fingerprint density at radius 2 is 2.25 bits per heavy atom. The fraction of sp³-hybridized carbons (Fsp3) is 0.625. The molecular weight excluding hydrogens is 272 g/mol. The van der Waals surface area contributed by atoms with Crippen LogP contribution in [0.25, 0.3) is 0 Å². The number of rotatable bonds is 5. The van der Waals surface area contributed by atoms with Gasteiger partial charge in [0.2, 0.25) is 0 Å². The van der Waals surface area contributed by atoms with E-state index in [9.17, 15) is 0 Å². The van der Waals surface area contributed by atoms with Crippen LogP contribution in [0.2, 0.25) is 5.02 Å². The number of hydrogen-bond acceptors (Lipinski definition) is 3.